The third-order valence-corrected chi connectivity index (χ3v) is 3.66. The van der Waals surface area contributed by atoms with E-state index in [9.17, 15) is 0 Å². The van der Waals surface area contributed by atoms with Gasteiger partial charge >= 0.3 is 0 Å². The summed E-state index contributed by atoms with van der Waals surface area (Å²) in [7, 11) is 0. The van der Waals surface area contributed by atoms with E-state index in [-0.39, 0.29) is 0 Å². The Hall–Kier alpha value is -0.240. The molecule has 1 aromatic heterocycles. The molecule has 1 aliphatic carbocycles. The molecule has 0 bridgehead atoms. The second-order valence-corrected chi connectivity index (χ2v) is 4.07. The quantitative estimate of drug-likeness (QED) is 0.744. The predicted octanol–water partition coefficient (Wildman–Crippen LogP) is 2.73. The normalized spacial score (nSPS) is 20.1. The fraction of sp³-hybridized carbons (Fsp3) is 0.556. The first kappa shape index (κ1) is 7.41. The van der Waals surface area contributed by atoms with Crippen molar-refractivity contribution in [2.45, 2.75) is 19.3 Å². The lowest BCUT2D eigenvalue weighted by molar-refractivity contribution is 0.578. The second kappa shape index (κ2) is 2.67. The number of halogens is 1. The first-order valence-corrected chi connectivity index (χ1v) is 5.15. The highest BCUT2D eigenvalue weighted by Crippen LogP contribution is 2.49. The summed E-state index contributed by atoms with van der Waals surface area (Å²) in [5, 5.41) is 1.15. The maximum absolute atomic E-state index is 3.57. The zero-order valence-corrected chi connectivity index (χ0v) is 8.02. The molecule has 2 rings (SSSR count). The van der Waals surface area contributed by atoms with Crippen molar-refractivity contribution in [3.8, 4) is 0 Å². The second-order valence-electron chi connectivity index (χ2n) is 3.51. The van der Waals surface area contributed by atoms with Crippen LogP contribution in [-0.4, -0.2) is 10.3 Å². The number of hydrogen-bond acceptors (Lipinski definition) is 0. The standard InChI is InChI=1S/C9H12BrN/c10-7-9(3-4-9)6-8-2-1-5-11-8/h1-2,5,11H,3-4,6-7H2. The van der Waals surface area contributed by atoms with E-state index in [1.807, 2.05) is 6.20 Å². The predicted molar refractivity (Wildman–Crippen MR) is 50.0 cm³/mol. The van der Waals surface area contributed by atoms with E-state index >= 15 is 0 Å². The lowest BCUT2D eigenvalue weighted by atomic mass is 10.0. The molecule has 60 valence electrons. The maximum atomic E-state index is 3.57. The average Bonchev–Trinajstić information content (AvgIpc) is 2.59. The summed E-state index contributed by atoms with van der Waals surface area (Å²) in [6.45, 7) is 0. The van der Waals surface area contributed by atoms with Crippen molar-refractivity contribution in [1.29, 1.82) is 0 Å². The molecule has 1 aromatic rings. The van der Waals surface area contributed by atoms with Crippen LogP contribution in [0.3, 0.4) is 0 Å². The van der Waals surface area contributed by atoms with Crippen LogP contribution in [0.2, 0.25) is 0 Å². The third-order valence-electron chi connectivity index (χ3n) is 2.47. The zero-order chi connectivity index (χ0) is 7.73. The highest BCUT2D eigenvalue weighted by Gasteiger charge is 2.41. The van der Waals surface area contributed by atoms with Gasteiger partial charge in [0.2, 0.25) is 0 Å². The molecule has 0 saturated heterocycles. The Morgan fingerprint density at radius 1 is 1.55 bits per heavy atom. The van der Waals surface area contributed by atoms with Crippen LogP contribution in [0, 0.1) is 5.41 Å². The van der Waals surface area contributed by atoms with Crippen molar-refractivity contribution in [3.05, 3.63) is 24.0 Å². The topological polar surface area (TPSA) is 15.8 Å². The van der Waals surface area contributed by atoms with Gasteiger partial charge < -0.3 is 4.98 Å². The van der Waals surface area contributed by atoms with Crippen molar-refractivity contribution in [2.24, 2.45) is 5.41 Å². The molecule has 1 aliphatic rings. The Bertz CT molecular complexity index is 224. The fourth-order valence-corrected chi connectivity index (χ4v) is 2.17. The van der Waals surface area contributed by atoms with Crippen LogP contribution in [0.4, 0.5) is 0 Å². The lowest BCUT2D eigenvalue weighted by Crippen LogP contribution is -2.06. The number of nitrogens with one attached hydrogen (secondary N) is 1. The van der Waals surface area contributed by atoms with Crippen molar-refractivity contribution < 1.29 is 0 Å². The molecule has 0 atom stereocenters. The van der Waals surface area contributed by atoms with Gasteiger partial charge in [-0.1, -0.05) is 15.9 Å². The molecule has 2 heteroatoms. The highest BCUT2D eigenvalue weighted by molar-refractivity contribution is 9.09. The molecule has 1 fully saturated rings. The van der Waals surface area contributed by atoms with E-state index in [2.05, 4.69) is 33.0 Å². The van der Waals surface area contributed by atoms with Gasteiger partial charge in [0.1, 0.15) is 0 Å². The molecule has 11 heavy (non-hydrogen) atoms. The van der Waals surface area contributed by atoms with Crippen molar-refractivity contribution in [3.63, 3.8) is 0 Å². The summed E-state index contributed by atoms with van der Waals surface area (Å²) in [5.74, 6) is 0. The Labute approximate surface area is 75.3 Å². The summed E-state index contributed by atoms with van der Waals surface area (Å²) >= 11 is 3.57. The number of alkyl halides is 1. The molecular formula is C9H12BrN. The average molecular weight is 214 g/mol. The van der Waals surface area contributed by atoms with Crippen LogP contribution < -0.4 is 0 Å². The third kappa shape index (κ3) is 1.51. The molecule has 0 aromatic carbocycles. The molecule has 0 spiro atoms. The minimum atomic E-state index is 0.602. The monoisotopic (exact) mass is 213 g/mol. The summed E-state index contributed by atoms with van der Waals surface area (Å²) in [4.78, 5) is 3.25. The molecule has 1 nitrogen and oxygen atoms in total. The Kier molecular flexibility index (Phi) is 1.80. The van der Waals surface area contributed by atoms with Crippen molar-refractivity contribution >= 4 is 15.9 Å². The molecule has 1 saturated carbocycles. The Morgan fingerprint density at radius 3 is 2.82 bits per heavy atom. The largest absolute Gasteiger partial charge is 0.365 e. The van der Waals surface area contributed by atoms with Gasteiger partial charge in [0.25, 0.3) is 0 Å². The van der Waals surface area contributed by atoms with Gasteiger partial charge in [-0.25, -0.2) is 0 Å². The summed E-state index contributed by atoms with van der Waals surface area (Å²) in [5.41, 5.74) is 1.98. The summed E-state index contributed by atoms with van der Waals surface area (Å²) in [6.07, 6.45) is 5.99. The van der Waals surface area contributed by atoms with Gasteiger partial charge in [-0.2, -0.15) is 0 Å². The smallest absolute Gasteiger partial charge is 0.0153 e. The highest BCUT2D eigenvalue weighted by atomic mass is 79.9. The van der Waals surface area contributed by atoms with Gasteiger partial charge in [0.15, 0.2) is 0 Å². The number of aromatic amines is 1. The van der Waals surface area contributed by atoms with Gasteiger partial charge in [-0.3, -0.25) is 0 Å². The summed E-state index contributed by atoms with van der Waals surface area (Å²) < 4.78 is 0. The van der Waals surface area contributed by atoms with Crippen LogP contribution >= 0.6 is 15.9 Å². The number of aromatic nitrogens is 1. The minimum Gasteiger partial charge on any atom is -0.365 e. The maximum Gasteiger partial charge on any atom is 0.0153 e. The molecule has 1 N–H and O–H groups in total. The Morgan fingerprint density at radius 2 is 2.36 bits per heavy atom. The van der Waals surface area contributed by atoms with Crippen molar-refractivity contribution in [1.82, 2.24) is 4.98 Å². The number of hydrogen-bond donors (Lipinski definition) is 1. The first-order valence-electron chi connectivity index (χ1n) is 4.03. The van der Waals surface area contributed by atoms with Gasteiger partial charge in [0, 0.05) is 17.2 Å². The minimum absolute atomic E-state index is 0.602. The molecule has 0 radical (unpaired) electrons. The van der Waals surface area contributed by atoms with Crippen LogP contribution in [0.25, 0.3) is 0 Å². The van der Waals surface area contributed by atoms with E-state index in [0.29, 0.717) is 5.41 Å². The van der Waals surface area contributed by atoms with Crippen LogP contribution in [-0.2, 0) is 6.42 Å². The molecular weight excluding hydrogens is 202 g/mol. The molecule has 0 amide bonds. The summed E-state index contributed by atoms with van der Waals surface area (Å²) in [6, 6.07) is 4.24. The molecule has 0 unspecified atom stereocenters. The lowest BCUT2D eigenvalue weighted by Gasteiger charge is -2.08. The fourth-order valence-electron chi connectivity index (χ4n) is 1.42. The van der Waals surface area contributed by atoms with Crippen LogP contribution in [0.15, 0.2) is 18.3 Å². The zero-order valence-electron chi connectivity index (χ0n) is 6.44. The van der Waals surface area contributed by atoms with E-state index in [4.69, 9.17) is 0 Å². The SMILES string of the molecule is BrCC1(Cc2ccc[nH]2)CC1. The van der Waals surface area contributed by atoms with Gasteiger partial charge in [0.05, 0.1) is 0 Å². The Balaban J connectivity index is 2.01. The van der Waals surface area contributed by atoms with E-state index in [0.717, 1.165) is 5.33 Å². The van der Waals surface area contributed by atoms with Gasteiger partial charge in [-0.15, -0.1) is 0 Å². The van der Waals surface area contributed by atoms with Crippen molar-refractivity contribution in [2.75, 3.05) is 5.33 Å². The van der Waals surface area contributed by atoms with E-state index in [1.165, 1.54) is 25.0 Å². The molecule has 0 aliphatic heterocycles. The van der Waals surface area contributed by atoms with E-state index < -0.39 is 0 Å². The first-order chi connectivity index (χ1) is 5.35. The van der Waals surface area contributed by atoms with Crippen LogP contribution in [0.1, 0.15) is 18.5 Å². The van der Waals surface area contributed by atoms with Gasteiger partial charge in [-0.05, 0) is 36.8 Å². The van der Waals surface area contributed by atoms with Crippen LogP contribution in [0.5, 0.6) is 0 Å². The molecule has 1 heterocycles. The number of H-pyrrole nitrogens is 1. The van der Waals surface area contributed by atoms with E-state index in [1.54, 1.807) is 0 Å². The number of rotatable bonds is 3.